The Balaban J connectivity index is 1.51. The highest BCUT2D eigenvalue weighted by Gasteiger charge is 2.16. The number of halogens is 2. The van der Waals surface area contributed by atoms with E-state index in [1.165, 1.54) is 6.07 Å². The predicted molar refractivity (Wildman–Crippen MR) is 89.6 cm³/mol. The quantitative estimate of drug-likeness (QED) is 0.699. The van der Waals surface area contributed by atoms with E-state index < -0.39 is 6.61 Å². The van der Waals surface area contributed by atoms with Gasteiger partial charge in [0.15, 0.2) is 11.5 Å². The highest BCUT2D eigenvalue weighted by molar-refractivity contribution is 5.74. The Morgan fingerprint density at radius 1 is 1.31 bits per heavy atom. The lowest BCUT2D eigenvalue weighted by molar-refractivity contribution is -0.0528. The van der Waals surface area contributed by atoms with Gasteiger partial charge in [-0.05, 0) is 30.9 Å². The number of H-pyrrole nitrogens is 1. The van der Waals surface area contributed by atoms with E-state index in [1.807, 2.05) is 10.6 Å². The lowest BCUT2D eigenvalue weighted by atomic mass is 10.0. The molecule has 3 aromatic rings. The SMILES string of the molecule is FC(F)Oc1cc(Nc2ccc3ncn(CC4CCOCC4)c3n2)n[nH]1. The summed E-state index contributed by atoms with van der Waals surface area (Å²) in [5.74, 6) is 1.30. The third kappa shape index (κ3) is 3.74. The maximum Gasteiger partial charge on any atom is 0.388 e. The minimum absolute atomic E-state index is 0.117. The van der Waals surface area contributed by atoms with E-state index in [-0.39, 0.29) is 5.88 Å². The number of nitrogens with zero attached hydrogens (tertiary/aromatic N) is 4. The third-order valence-electron chi connectivity index (χ3n) is 4.29. The van der Waals surface area contributed by atoms with Crippen molar-refractivity contribution in [2.24, 2.45) is 5.92 Å². The van der Waals surface area contributed by atoms with Crippen molar-refractivity contribution in [3.63, 3.8) is 0 Å². The number of pyridine rings is 1. The number of aromatic amines is 1. The van der Waals surface area contributed by atoms with Gasteiger partial charge in [0.2, 0.25) is 5.88 Å². The lowest BCUT2D eigenvalue weighted by Gasteiger charge is -2.22. The van der Waals surface area contributed by atoms with Crippen LogP contribution < -0.4 is 10.1 Å². The molecule has 0 bridgehead atoms. The number of imidazole rings is 1. The van der Waals surface area contributed by atoms with Gasteiger partial charge in [0.25, 0.3) is 0 Å². The van der Waals surface area contributed by atoms with Gasteiger partial charge in [0, 0.05) is 25.8 Å². The smallest absolute Gasteiger partial charge is 0.388 e. The average molecular weight is 364 g/mol. The van der Waals surface area contributed by atoms with Crippen molar-refractivity contribution in [1.29, 1.82) is 0 Å². The van der Waals surface area contributed by atoms with Gasteiger partial charge in [-0.3, -0.25) is 0 Å². The van der Waals surface area contributed by atoms with Crippen LogP contribution in [-0.2, 0) is 11.3 Å². The predicted octanol–water partition coefficient (Wildman–Crippen LogP) is 2.93. The van der Waals surface area contributed by atoms with E-state index in [0.29, 0.717) is 17.6 Å². The molecule has 0 unspecified atom stereocenters. The molecule has 8 nitrogen and oxygen atoms in total. The van der Waals surface area contributed by atoms with Gasteiger partial charge in [-0.25, -0.2) is 15.1 Å². The number of rotatable bonds is 6. The largest absolute Gasteiger partial charge is 0.417 e. The van der Waals surface area contributed by atoms with Gasteiger partial charge < -0.3 is 19.4 Å². The fraction of sp³-hybridized carbons (Fsp3) is 0.438. The van der Waals surface area contributed by atoms with Crippen LogP contribution in [0, 0.1) is 5.92 Å². The van der Waals surface area contributed by atoms with Gasteiger partial charge in [-0.15, -0.1) is 0 Å². The van der Waals surface area contributed by atoms with Crippen LogP contribution in [0.2, 0.25) is 0 Å². The molecule has 3 aromatic heterocycles. The van der Waals surface area contributed by atoms with Crippen LogP contribution in [0.5, 0.6) is 5.88 Å². The molecular formula is C16H18F2N6O2. The molecule has 1 aliphatic heterocycles. The molecule has 138 valence electrons. The number of ether oxygens (including phenoxy) is 2. The third-order valence-corrected chi connectivity index (χ3v) is 4.29. The average Bonchev–Trinajstić information content (AvgIpc) is 3.22. The molecule has 0 aromatic carbocycles. The lowest BCUT2D eigenvalue weighted by Crippen LogP contribution is -2.20. The highest BCUT2D eigenvalue weighted by Crippen LogP contribution is 2.23. The Bertz CT molecular complexity index is 875. The molecule has 0 saturated carbocycles. The zero-order valence-corrected chi connectivity index (χ0v) is 13.9. The van der Waals surface area contributed by atoms with Gasteiger partial charge in [-0.2, -0.15) is 13.9 Å². The Morgan fingerprint density at radius 2 is 2.15 bits per heavy atom. The van der Waals surface area contributed by atoms with Crippen LogP contribution in [0.3, 0.4) is 0 Å². The Kier molecular flexibility index (Phi) is 4.65. The first kappa shape index (κ1) is 16.7. The molecule has 0 aliphatic carbocycles. The molecule has 4 rings (SSSR count). The minimum atomic E-state index is -2.91. The summed E-state index contributed by atoms with van der Waals surface area (Å²) in [7, 11) is 0. The van der Waals surface area contributed by atoms with E-state index in [2.05, 4.69) is 30.2 Å². The number of anilines is 2. The van der Waals surface area contributed by atoms with E-state index in [1.54, 1.807) is 12.4 Å². The molecule has 10 heteroatoms. The van der Waals surface area contributed by atoms with E-state index in [9.17, 15) is 8.78 Å². The maximum absolute atomic E-state index is 12.2. The first-order valence-corrected chi connectivity index (χ1v) is 8.34. The van der Waals surface area contributed by atoms with Gasteiger partial charge >= 0.3 is 6.61 Å². The number of hydrogen-bond acceptors (Lipinski definition) is 6. The maximum atomic E-state index is 12.2. The molecular weight excluding hydrogens is 346 g/mol. The second-order valence-electron chi connectivity index (χ2n) is 6.11. The van der Waals surface area contributed by atoms with E-state index in [0.717, 1.165) is 43.8 Å². The van der Waals surface area contributed by atoms with E-state index >= 15 is 0 Å². The van der Waals surface area contributed by atoms with Crippen LogP contribution in [0.25, 0.3) is 11.2 Å². The van der Waals surface area contributed by atoms with Crippen LogP contribution >= 0.6 is 0 Å². The number of fused-ring (bicyclic) bond motifs is 1. The van der Waals surface area contributed by atoms with Gasteiger partial charge in [0.1, 0.15) is 11.3 Å². The Labute approximate surface area is 147 Å². The first-order valence-electron chi connectivity index (χ1n) is 8.34. The minimum Gasteiger partial charge on any atom is -0.417 e. The van der Waals surface area contributed by atoms with Crippen LogP contribution in [0.4, 0.5) is 20.4 Å². The summed E-state index contributed by atoms with van der Waals surface area (Å²) >= 11 is 0. The van der Waals surface area contributed by atoms with Crippen molar-refractivity contribution >= 4 is 22.8 Å². The summed E-state index contributed by atoms with van der Waals surface area (Å²) in [4.78, 5) is 8.97. The van der Waals surface area contributed by atoms with Crippen molar-refractivity contribution in [1.82, 2.24) is 24.7 Å². The second kappa shape index (κ2) is 7.24. The van der Waals surface area contributed by atoms with Crippen molar-refractivity contribution in [2.75, 3.05) is 18.5 Å². The van der Waals surface area contributed by atoms with Crippen molar-refractivity contribution in [2.45, 2.75) is 26.0 Å². The fourth-order valence-corrected chi connectivity index (χ4v) is 3.01. The number of aromatic nitrogens is 5. The Hall–Kier alpha value is -2.75. The van der Waals surface area contributed by atoms with Crippen molar-refractivity contribution < 1.29 is 18.3 Å². The monoisotopic (exact) mass is 364 g/mol. The summed E-state index contributed by atoms with van der Waals surface area (Å²) < 4.78 is 36.1. The molecule has 1 aliphatic rings. The molecule has 0 radical (unpaired) electrons. The molecule has 1 saturated heterocycles. The second-order valence-corrected chi connectivity index (χ2v) is 6.11. The van der Waals surface area contributed by atoms with Crippen LogP contribution in [0.1, 0.15) is 12.8 Å². The zero-order valence-electron chi connectivity index (χ0n) is 13.9. The fourth-order valence-electron chi connectivity index (χ4n) is 3.01. The summed E-state index contributed by atoms with van der Waals surface area (Å²) in [5, 5.41) is 9.23. The van der Waals surface area contributed by atoms with E-state index in [4.69, 9.17) is 4.74 Å². The molecule has 0 amide bonds. The number of hydrogen-bond donors (Lipinski definition) is 2. The summed E-state index contributed by atoms with van der Waals surface area (Å²) in [6, 6.07) is 4.96. The number of alkyl halides is 2. The molecule has 0 atom stereocenters. The van der Waals surface area contributed by atoms with Gasteiger partial charge in [-0.1, -0.05) is 0 Å². The topological polar surface area (TPSA) is 89.9 Å². The number of nitrogens with one attached hydrogen (secondary N) is 2. The molecule has 26 heavy (non-hydrogen) atoms. The summed E-state index contributed by atoms with van der Waals surface area (Å²) in [6.45, 7) is -0.484. The first-order chi connectivity index (χ1) is 12.7. The highest BCUT2D eigenvalue weighted by atomic mass is 19.3. The molecule has 4 heterocycles. The van der Waals surface area contributed by atoms with Crippen molar-refractivity contribution in [3.8, 4) is 5.88 Å². The standard InChI is InChI=1S/C16H18F2N6O2/c17-16(18)26-14-7-13(22-23-14)20-12-2-1-11-15(21-12)24(9-19-11)8-10-3-5-25-6-4-10/h1-2,7,9-10,16H,3-6,8H2,(H2,20,21,22,23). The molecule has 1 fully saturated rings. The summed E-state index contributed by atoms with van der Waals surface area (Å²) in [6.07, 6.45) is 3.84. The molecule has 0 spiro atoms. The summed E-state index contributed by atoms with van der Waals surface area (Å²) in [5.41, 5.74) is 1.56. The van der Waals surface area contributed by atoms with Crippen LogP contribution in [0.15, 0.2) is 24.5 Å². The zero-order chi connectivity index (χ0) is 17.9. The van der Waals surface area contributed by atoms with Crippen molar-refractivity contribution in [3.05, 3.63) is 24.5 Å². The Morgan fingerprint density at radius 3 is 2.96 bits per heavy atom. The van der Waals surface area contributed by atoms with Gasteiger partial charge in [0.05, 0.1) is 6.33 Å². The normalized spacial score (nSPS) is 15.7. The van der Waals surface area contributed by atoms with Crippen LogP contribution in [-0.4, -0.2) is 44.6 Å². The molecule has 2 N–H and O–H groups in total.